The Hall–Kier alpha value is -11.7. The second kappa shape index (κ2) is 22.1. The number of hydrogen-bond acceptors (Lipinski definition) is 6. The van der Waals surface area contributed by atoms with Crippen LogP contribution in [0.15, 0.2) is 309 Å². The second-order valence-electron chi connectivity index (χ2n) is 25.0. The minimum absolute atomic E-state index is 0.0460. The molecule has 92 heavy (non-hydrogen) atoms. The molecule has 0 amide bonds. The van der Waals surface area contributed by atoms with Crippen LogP contribution < -0.4 is 26.2 Å². The lowest BCUT2D eigenvalue weighted by molar-refractivity contribution is 0.591. The smallest absolute Gasteiger partial charge is 0.252 e. The van der Waals surface area contributed by atoms with E-state index in [1.807, 2.05) is 24.3 Å². The number of fused-ring (bicyclic) bond motifs is 7. The van der Waals surface area contributed by atoms with Crippen LogP contribution in [-0.4, -0.2) is 31.2 Å². The van der Waals surface area contributed by atoms with Crippen LogP contribution >= 0.6 is 0 Å². The molecule has 0 bridgehead atoms. The first kappa shape index (κ1) is 54.4. The molecule has 5 heterocycles. The van der Waals surface area contributed by atoms with Crippen LogP contribution in [-0.2, 0) is 5.41 Å². The molecule has 0 atom stereocenters. The zero-order valence-corrected chi connectivity index (χ0v) is 51.2. The van der Waals surface area contributed by atoms with Gasteiger partial charge >= 0.3 is 0 Å². The van der Waals surface area contributed by atoms with Gasteiger partial charge in [0.2, 0.25) is 0 Å². The SMILES string of the molecule is CC(C)(C)c1ccc2c(c1)c1ccccc1n2-c1ccc(-c2cc(-c3ccccc3)nc(-c3ccccc3)n2)cc1-c1nc(-c2ccccc2)cc(-c2cccc(-c3ccc(N4c5ccccc5B5c6ccccc6N(c6ccccc6)c6cccc4c65)cc3)c2)n1. The summed E-state index contributed by atoms with van der Waals surface area (Å²) in [6.45, 7) is 6.91. The molecule has 0 saturated heterocycles. The summed E-state index contributed by atoms with van der Waals surface area (Å²) in [5, 5.41) is 2.37. The van der Waals surface area contributed by atoms with Crippen molar-refractivity contribution in [2.24, 2.45) is 0 Å². The van der Waals surface area contributed by atoms with E-state index in [2.05, 4.69) is 320 Å². The maximum absolute atomic E-state index is 5.69. The van der Waals surface area contributed by atoms with Crippen LogP contribution in [0.3, 0.4) is 0 Å². The van der Waals surface area contributed by atoms with Crippen molar-refractivity contribution in [3.05, 3.63) is 315 Å². The van der Waals surface area contributed by atoms with E-state index in [9.17, 15) is 0 Å². The third-order valence-corrected chi connectivity index (χ3v) is 18.4. The predicted octanol–water partition coefficient (Wildman–Crippen LogP) is 19.4. The molecule has 17 rings (SSSR count). The first-order valence-electron chi connectivity index (χ1n) is 31.6. The number of rotatable bonds is 10. The lowest BCUT2D eigenvalue weighted by Crippen LogP contribution is -2.61. The zero-order valence-electron chi connectivity index (χ0n) is 51.2. The molecule has 2 aliphatic rings. The Morgan fingerprint density at radius 2 is 0.750 bits per heavy atom. The third-order valence-electron chi connectivity index (χ3n) is 18.4. The summed E-state index contributed by atoms with van der Waals surface area (Å²) in [4.78, 5) is 26.7. The van der Waals surface area contributed by atoms with E-state index in [1.54, 1.807) is 0 Å². The van der Waals surface area contributed by atoms with Gasteiger partial charge in [-0.25, -0.2) is 19.9 Å². The number of anilines is 6. The summed E-state index contributed by atoms with van der Waals surface area (Å²) in [6, 6.07) is 111. The molecular weight excluding hydrogens is 1120 g/mol. The van der Waals surface area contributed by atoms with Crippen molar-refractivity contribution in [2.75, 3.05) is 9.80 Å². The quantitative estimate of drug-likeness (QED) is 0.127. The molecule has 3 aromatic heterocycles. The first-order chi connectivity index (χ1) is 45.3. The largest absolute Gasteiger partial charge is 0.311 e. The molecule has 0 N–H and O–H groups in total. The Bertz CT molecular complexity index is 5280. The number of benzene rings is 12. The molecule has 15 aromatic rings. The summed E-state index contributed by atoms with van der Waals surface area (Å²) in [5.41, 5.74) is 26.4. The van der Waals surface area contributed by atoms with Crippen LogP contribution in [0.1, 0.15) is 26.3 Å². The third kappa shape index (κ3) is 9.37. The van der Waals surface area contributed by atoms with E-state index in [4.69, 9.17) is 19.9 Å². The Morgan fingerprint density at radius 1 is 0.293 bits per heavy atom. The summed E-state index contributed by atoms with van der Waals surface area (Å²) in [5.74, 6) is 1.24. The fourth-order valence-corrected chi connectivity index (χ4v) is 13.9. The maximum Gasteiger partial charge on any atom is 0.252 e. The normalized spacial score (nSPS) is 12.4. The zero-order chi connectivity index (χ0) is 61.4. The average Bonchev–Trinajstić information content (AvgIpc) is 0.845. The van der Waals surface area contributed by atoms with Crippen molar-refractivity contribution in [2.45, 2.75) is 26.2 Å². The fraction of sp³-hybridized carbons (Fsp3) is 0.0476. The lowest BCUT2D eigenvalue weighted by atomic mass is 9.33. The van der Waals surface area contributed by atoms with Crippen LogP contribution in [0.5, 0.6) is 0 Å². The van der Waals surface area contributed by atoms with Gasteiger partial charge < -0.3 is 14.4 Å². The molecule has 0 radical (unpaired) electrons. The maximum atomic E-state index is 5.69. The van der Waals surface area contributed by atoms with Crippen molar-refractivity contribution in [3.8, 4) is 84.6 Å². The van der Waals surface area contributed by atoms with Gasteiger partial charge in [0.05, 0.1) is 39.5 Å². The number of aromatic nitrogens is 5. The number of hydrogen-bond donors (Lipinski definition) is 0. The van der Waals surface area contributed by atoms with Gasteiger partial charge in [-0.15, -0.1) is 0 Å². The van der Waals surface area contributed by atoms with Gasteiger partial charge in [-0.3, -0.25) is 0 Å². The Balaban J connectivity index is 0.814. The van der Waals surface area contributed by atoms with Gasteiger partial charge in [-0.05, 0) is 136 Å². The van der Waals surface area contributed by atoms with Crippen molar-refractivity contribution in [1.29, 1.82) is 0 Å². The van der Waals surface area contributed by atoms with Crippen LogP contribution in [0, 0.1) is 0 Å². The average molecular weight is 1180 g/mol. The van der Waals surface area contributed by atoms with E-state index in [1.165, 1.54) is 55.5 Å². The van der Waals surface area contributed by atoms with Crippen molar-refractivity contribution in [3.63, 3.8) is 0 Å². The molecule has 0 spiro atoms. The van der Waals surface area contributed by atoms with E-state index in [0.717, 1.165) is 95.4 Å². The molecule has 0 fully saturated rings. The topological polar surface area (TPSA) is 63.0 Å². The van der Waals surface area contributed by atoms with Gasteiger partial charge in [0.15, 0.2) is 11.6 Å². The molecule has 434 valence electrons. The predicted molar refractivity (Wildman–Crippen MR) is 383 cm³/mol. The molecular formula is C84H60BN7. The first-order valence-corrected chi connectivity index (χ1v) is 31.6. The van der Waals surface area contributed by atoms with Crippen LogP contribution in [0.2, 0.25) is 0 Å². The minimum atomic E-state index is -0.0460. The molecule has 0 saturated carbocycles. The fourth-order valence-electron chi connectivity index (χ4n) is 13.9. The Morgan fingerprint density at radius 3 is 1.37 bits per heavy atom. The summed E-state index contributed by atoms with van der Waals surface area (Å²) < 4.78 is 2.40. The highest BCUT2D eigenvalue weighted by Crippen LogP contribution is 2.46. The van der Waals surface area contributed by atoms with Crippen LogP contribution in [0.4, 0.5) is 34.1 Å². The number of para-hydroxylation sites is 4. The molecule has 0 aliphatic carbocycles. The molecule has 12 aromatic carbocycles. The Kier molecular flexibility index (Phi) is 13.1. The van der Waals surface area contributed by atoms with Gasteiger partial charge in [0, 0.05) is 78.3 Å². The van der Waals surface area contributed by atoms with Crippen LogP contribution in [0.25, 0.3) is 106 Å². The molecule has 0 unspecified atom stereocenters. The molecule has 8 heteroatoms. The van der Waals surface area contributed by atoms with Crippen molar-refractivity contribution < 1.29 is 0 Å². The summed E-state index contributed by atoms with van der Waals surface area (Å²) >= 11 is 0. The highest BCUT2D eigenvalue weighted by Gasteiger charge is 2.43. The Labute approximate surface area is 536 Å². The van der Waals surface area contributed by atoms with Gasteiger partial charge in [0.25, 0.3) is 6.71 Å². The van der Waals surface area contributed by atoms with Gasteiger partial charge in [0.1, 0.15) is 0 Å². The monoisotopic (exact) mass is 1180 g/mol. The highest BCUT2D eigenvalue weighted by molar-refractivity contribution is 7.00. The number of nitrogens with zero attached hydrogens (tertiary/aromatic N) is 7. The minimum Gasteiger partial charge on any atom is -0.311 e. The van der Waals surface area contributed by atoms with Crippen molar-refractivity contribution >= 4 is 79.0 Å². The molecule has 2 aliphatic heterocycles. The van der Waals surface area contributed by atoms with Gasteiger partial charge in [-0.2, -0.15) is 0 Å². The van der Waals surface area contributed by atoms with E-state index >= 15 is 0 Å². The second-order valence-corrected chi connectivity index (χ2v) is 25.0. The van der Waals surface area contributed by atoms with E-state index in [-0.39, 0.29) is 12.1 Å². The van der Waals surface area contributed by atoms with E-state index in [0.29, 0.717) is 11.6 Å². The molecule has 7 nitrogen and oxygen atoms in total. The standard InChI is InChI=1S/C84H60BN7/c1-84(2,3)62-45-49-75-66(52-62)65-34-16-19-37-74(65)92(75)76-48-44-61(73-53-70(56-24-8-4-9-25-56)86-82(87-73)58-28-12-6-13-29-58)51-67(76)83-88-71(57-26-10-5-11-27-57)54-72(89-83)60-31-22-30-59(50-60)55-42-46-64(47-43-55)91-78-39-21-18-36-69(78)85-68-35-17-20-38-77(68)90(63-32-14-7-15-33-63)79-40-23-41-80(91)81(79)85/h4-54H,1-3H3. The lowest BCUT2D eigenvalue weighted by Gasteiger charge is -2.44. The van der Waals surface area contributed by atoms with Gasteiger partial charge in [-0.1, -0.05) is 233 Å². The van der Waals surface area contributed by atoms with Crippen molar-refractivity contribution in [1.82, 2.24) is 24.5 Å². The highest BCUT2D eigenvalue weighted by atomic mass is 15.2. The summed E-state index contributed by atoms with van der Waals surface area (Å²) in [6.07, 6.45) is 0. The van der Waals surface area contributed by atoms with E-state index < -0.39 is 0 Å². The summed E-state index contributed by atoms with van der Waals surface area (Å²) in [7, 11) is 0.